The molecule has 0 aliphatic carbocycles. The Kier molecular flexibility index (Phi) is 3.18. The van der Waals surface area contributed by atoms with Crippen molar-refractivity contribution in [1.29, 1.82) is 0 Å². The number of anilines is 1. The standard InChI is InChI=1S/C12H15N3O2/c1-13-12-14-7-9(15-12)8-4-5-10(16-2)11(6-8)17-3/h4-7H,1-3H3,(H2,13,14,15). The van der Waals surface area contributed by atoms with Gasteiger partial charge in [-0.05, 0) is 18.2 Å². The molecule has 0 aliphatic rings. The number of aromatic amines is 1. The Hall–Kier alpha value is -2.17. The van der Waals surface area contributed by atoms with Crippen LogP contribution in [-0.4, -0.2) is 31.2 Å². The van der Waals surface area contributed by atoms with Crippen LogP contribution in [-0.2, 0) is 0 Å². The molecule has 0 atom stereocenters. The van der Waals surface area contributed by atoms with Crippen molar-refractivity contribution in [3.63, 3.8) is 0 Å². The molecule has 90 valence electrons. The van der Waals surface area contributed by atoms with Crippen LogP contribution < -0.4 is 14.8 Å². The lowest BCUT2D eigenvalue weighted by Crippen LogP contribution is -1.91. The summed E-state index contributed by atoms with van der Waals surface area (Å²) in [7, 11) is 5.05. The van der Waals surface area contributed by atoms with Crippen LogP contribution in [0.25, 0.3) is 11.3 Å². The average molecular weight is 233 g/mol. The molecule has 1 aromatic carbocycles. The maximum atomic E-state index is 5.26. The van der Waals surface area contributed by atoms with Crippen molar-refractivity contribution in [2.24, 2.45) is 0 Å². The highest BCUT2D eigenvalue weighted by molar-refractivity contribution is 5.64. The van der Waals surface area contributed by atoms with E-state index in [4.69, 9.17) is 9.47 Å². The van der Waals surface area contributed by atoms with Crippen LogP contribution >= 0.6 is 0 Å². The molecule has 5 nitrogen and oxygen atoms in total. The molecule has 1 heterocycles. The third-order valence-corrected chi connectivity index (χ3v) is 2.51. The van der Waals surface area contributed by atoms with Crippen LogP contribution in [0.4, 0.5) is 5.95 Å². The van der Waals surface area contributed by atoms with E-state index in [9.17, 15) is 0 Å². The number of ether oxygens (including phenoxy) is 2. The summed E-state index contributed by atoms with van der Waals surface area (Å²) >= 11 is 0. The van der Waals surface area contributed by atoms with E-state index in [0.717, 1.165) is 17.2 Å². The van der Waals surface area contributed by atoms with Gasteiger partial charge in [-0.2, -0.15) is 0 Å². The lowest BCUT2D eigenvalue weighted by Gasteiger charge is -2.08. The summed E-state index contributed by atoms with van der Waals surface area (Å²) in [5.74, 6) is 2.14. The zero-order valence-electron chi connectivity index (χ0n) is 10.1. The molecule has 0 aliphatic heterocycles. The molecule has 2 rings (SSSR count). The van der Waals surface area contributed by atoms with Gasteiger partial charge in [0.25, 0.3) is 0 Å². The average Bonchev–Trinajstić information content (AvgIpc) is 2.86. The quantitative estimate of drug-likeness (QED) is 0.849. The largest absolute Gasteiger partial charge is 0.493 e. The molecule has 2 aromatic rings. The van der Waals surface area contributed by atoms with Crippen molar-refractivity contribution in [2.45, 2.75) is 0 Å². The van der Waals surface area contributed by atoms with Gasteiger partial charge < -0.3 is 19.8 Å². The van der Waals surface area contributed by atoms with E-state index in [1.54, 1.807) is 20.4 Å². The molecular weight excluding hydrogens is 218 g/mol. The predicted molar refractivity (Wildman–Crippen MR) is 66.7 cm³/mol. The van der Waals surface area contributed by atoms with Crippen molar-refractivity contribution in [3.05, 3.63) is 24.4 Å². The fourth-order valence-corrected chi connectivity index (χ4v) is 1.60. The summed E-state index contributed by atoms with van der Waals surface area (Å²) in [5.41, 5.74) is 1.92. The van der Waals surface area contributed by atoms with Gasteiger partial charge >= 0.3 is 0 Å². The number of imidazole rings is 1. The van der Waals surface area contributed by atoms with E-state index >= 15 is 0 Å². The van der Waals surface area contributed by atoms with E-state index in [2.05, 4.69) is 15.3 Å². The zero-order chi connectivity index (χ0) is 12.3. The van der Waals surface area contributed by atoms with Crippen LogP contribution in [0.15, 0.2) is 24.4 Å². The Balaban J connectivity index is 2.38. The van der Waals surface area contributed by atoms with Crippen molar-refractivity contribution in [1.82, 2.24) is 9.97 Å². The van der Waals surface area contributed by atoms with Gasteiger partial charge in [0, 0.05) is 12.6 Å². The Bertz CT molecular complexity index is 508. The second-order valence-corrected chi connectivity index (χ2v) is 3.47. The van der Waals surface area contributed by atoms with Crippen molar-refractivity contribution in [3.8, 4) is 22.8 Å². The first-order valence-electron chi connectivity index (χ1n) is 5.23. The van der Waals surface area contributed by atoms with Crippen molar-refractivity contribution in [2.75, 3.05) is 26.6 Å². The van der Waals surface area contributed by atoms with Crippen LogP contribution in [0.5, 0.6) is 11.5 Å². The van der Waals surface area contributed by atoms with Gasteiger partial charge in [0.1, 0.15) is 0 Å². The van der Waals surface area contributed by atoms with Gasteiger partial charge in [0.05, 0.1) is 26.1 Å². The van der Waals surface area contributed by atoms with E-state index < -0.39 is 0 Å². The summed E-state index contributed by atoms with van der Waals surface area (Å²) in [6.45, 7) is 0. The number of H-pyrrole nitrogens is 1. The smallest absolute Gasteiger partial charge is 0.200 e. The number of rotatable bonds is 4. The van der Waals surface area contributed by atoms with E-state index in [1.165, 1.54) is 0 Å². The first-order valence-corrected chi connectivity index (χ1v) is 5.23. The summed E-state index contributed by atoms with van der Waals surface area (Å²) < 4.78 is 10.4. The van der Waals surface area contributed by atoms with E-state index in [1.807, 2.05) is 25.2 Å². The molecule has 0 amide bonds. The molecular formula is C12H15N3O2. The number of benzene rings is 1. The third-order valence-electron chi connectivity index (χ3n) is 2.51. The minimum atomic E-state index is 0.700. The molecule has 17 heavy (non-hydrogen) atoms. The van der Waals surface area contributed by atoms with Crippen LogP contribution in [0.2, 0.25) is 0 Å². The molecule has 0 fully saturated rings. The van der Waals surface area contributed by atoms with E-state index in [-0.39, 0.29) is 0 Å². The molecule has 0 saturated carbocycles. The van der Waals surface area contributed by atoms with Crippen molar-refractivity contribution < 1.29 is 9.47 Å². The summed E-state index contributed by atoms with van der Waals surface area (Å²) in [6.07, 6.45) is 1.77. The van der Waals surface area contributed by atoms with Crippen LogP contribution in [0.1, 0.15) is 0 Å². The fraction of sp³-hybridized carbons (Fsp3) is 0.250. The lowest BCUT2D eigenvalue weighted by atomic mass is 10.1. The fourth-order valence-electron chi connectivity index (χ4n) is 1.60. The topological polar surface area (TPSA) is 59.2 Å². The molecule has 0 spiro atoms. The number of aromatic nitrogens is 2. The number of nitrogens with zero attached hydrogens (tertiary/aromatic N) is 1. The monoisotopic (exact) mass is 233 g/mol. The molecule has 5 heteroatoms. The van der Waals surface area contributed by atoms with Gasteiger partial charge in [-0.15, -0.1) is 0 Å². The molecule has 0 bridgehead atoms. The highest BCUT2D eigenvalue weighted by Crippen LogP contribution is 2.31. The van der Waals surface area contributed by atoms with Gasteiger partial charge in [0.15, 0.2) is 17.4 Å². The molecule has 2 N–H and O–H groups in total. The minimum absolute atomic E-state index is 0.700. The normalized spacial score (nSPS) is 10.1. The highest BCUT2D eigenvalue weighted by Gasteiger charge is 2.07. The van der Waals surface area contributed by atoms with Gasteiger partial charge in [-0.1, -0.05) is 0 Å². The Morgan fingerprint density at radius 1 is 1.18 bits per heavy atom. The second kappa shape index (κ2) is 4.78. The van der Waals surface area contributed by atoms with Crippen LogP contribution in [0, 0.1) is 0 Å². The SMILES string of the molecule is CNc1ncc(-c2ccc(OC)c(OC)c2)[nH]1. The molecule has 1 aromatic heterocycles. The Labute approximate surface area is 99.8 Å². The number of nitrogens with one attached hydrogen (secondary N) is 2. The maximum Gasteiger partial charge on any atom is 0.200 e. The van der Waals surface area contributed by atoms with Crippen LogP contribution in [0.3, 0.4) is 0 Å². The minimum Gasteiger partial charge on any atom is -0.493 e. The first-order chi connectivity index (χ1) is 8.28. The second-order valence-electron chi connectivity index (χ2n) is 3.47. The van der Waals surface area contributed by atoms with Crippen molar-refractivity contribution >= 4 is 5.95 Å². The lowest BCUT2D eigenvalue weighted by molar-refractivity contribution is 0.355. The van der Waals surface area contributed by atoms with Gasteiger partial charge in [0.2, 0.25) is 0 Å². The summed E-state index contributed by atoms with van der Waals surface area (Å²) in [6, 6.07) is 5.73. The first kappa shape index (κ1) is 11.3. The summed E-state index contributed by atoms with van der Waals surface area (Å²) in [5, 5.41) is 2.95. The molecule has 0 unspecified atom stereocenters. The van der Waals surface area contributed by atoms with Gasteiger partial charge in [-0.25, -0.2) is 4.98 Å². The Morgan fingerprint density at radius 2 is 1.94 bits per heavy atom. The highest BCUT2D eigenvalue weighted by atomic mass is 16.5. The predicted octanol–water partition coefficient (Wildman–Crippen LogP) is 2.14. The molecule has 0 radical (unpaired) electrons. The van der Waals surface area contributed by atoms with E-state index in [0.29, 0.717) is 11.5 Å². The number of methoxy groups -OCH3 is 2. The zero-order valence-corrected chi connectivity index (χ0v) is 10.1. The van der Waals surface area contributed by atoms with Gasteiger partial charge in [-0.3, -0.25) is 0 Å². The number of hydrogen-bond donors (Lipinski definition) is 2. The molecule has 0 saturated heterocycles. The number of hydrogen-bond acceptors (Lipinski definition) is 4. The maximum absolute atomic E-state index is 5.26. The Morgan fingerprint density at radius 3 is 2.53 bits per heavy atom. The third kappa shape index (κ3) is 2.18. The summed E-state index contributed by atoms with van der Waals surface area (Å²) in [4.78, 5) is 7.32.